The van der Waals surface area contributed by atoms with Crippen molar-refractivity contribution in [1.29, 1.82) is 0 Å². The van der Waals surface area contributed by atoms with Crippen LogP contribution in [-0.2, 0) is 26.6 Å². The summed E-state index contributed by atoms with van der Waals surface area (Å²) in [6.45, 7) is 4.05. The van der Waals surface area contributed by atoms with Crippen LogP contribution in [-0.4, -0.2) is 35.2 Å². The molecule has 27 heavy (non-hydrogen) atoms. The van der Waals surface area contributed by atoms with Crippen molar-refractivity contribution in [3.63, 3.8) is 0 Å². The van der Waals surface area contributed by atoms with Crippen LogP contribution in [0.15, 0.2) is 58.3 Å². The van der Waals surface area contributed by atoms with Gasteiger partial charge >= 0.3 is 0 Å². The Kier molecular flexibility index (Phi) is 6.80. The van der Waals surface area contributed by atoms with Gasteiger partial charge in [0.2, 0.25) is 20.0 Å². The van der Waals surface area contributed by atoms with E-state index in [-0.39, 0.29) is 16.3 Å². The van der Waals surface area contributed by atoms with E-state index in [1.54, 1.807) is 30.3 Å². The summed E-state index contributed by atoms with van der Waals surface area (Å²) < 4.78 is 53.6. The molecule has 2 rings (SSSR count). The largest absolute Gasteiger partial charge is 0.242 e. The van der Waals surface area contributed by atoms with Gasteiger partial charge in [-0.3, -0.25) is 0 Å². The lowest BCUT2D eigenvalue weighted by Gasteiger charge is -2.16. The van der Waals surface area contributed by atoms with Gasteiger partial charge in [-0.25, -0.2) is 25.9 Å². The first-order chi connectivity index (χ1) is 12.6. The van der Waals surface area contributed by atoms with Gasteiger partial charge in [-0.15, -0.1) is 0 Å². The van der Waals surface area contributed by atoms with E-state index < -0.39 is 20.0 Å². The number of rotatable bonds is 8. The molecule has 0 spiro atoms. The van der Waals surface area contributed by atoms with Crippen molar-refractivity contribution in [1.82, 2.24) is 9.03 Å². The van der Waals surface area contributed by atoms with Crippen LogP contribution in [0.25, 0.3) is 0 Å². The van der Waals surface area contributed by atoms with E-state index in [9.17, 15) is 16.8 Å². The van der Waals surface area contributed by atoms with E-state index in [4.69, 9.17) is 0 Å². The molecule has 0 amide bonds. The molecule has 0 radical (unpaired) electrons. The maximum atomic E-state index is 12.6. The van der Waals surface area contributed by atoms with Crippen LogP contribution in [0.3, 0.4) is 0 Å². The number of benzene rings is 2. The van der Waals surface area contributed by atoms with Gasteiger partial charge in [0.1, 0.15) is 0 Å². The molecule has 0 fully saturated rings. The minimum absolute atomic E-state index is 0.0878. The van der Waals surface area contributed by atoms with Crippen molar-refractivity contribution in [3.8, 4) is 0 Å². The summed E-state index contributed by atoms with van der Waals surface area (Å²) in [4.78, 5) is 0.243. The maximum absolute atomic E-state index is 12.6. The van der Waals surface area contributed by atoms with E-state index in [0.29, 0.717) is 11.5 Å². The lowest BCUT2D eigenvalue weighted by atomic mass is 9.99. The van der Waals surface area contributed by atoms with Crippen molar-refractivity contribution >= 4 is 20.0 Å². The molecule has 1 unspecified atom stereocenters. The van der Waals surface area contributed by atoms with E-state index in [2.05, 4.69) is 18.6 Å². The molecule has 2 aromatic carbocycles. The predicted molar refractivity (Wildman–Crippen MR) is 106 cm³/mol. The highest BCUT2D eigenvalue weighted by molar-refractivity contribution is 7.89. The summed E-state index contributed by atoms with van der Waals surface area (Å²) in [5.41, 5.74) is 1.48. The minimum Gasteiger partial charge on any atom is -0.207 e. The van der Waals surface area contributed by atoms with Crippen molar-refractivity contribution < 1.29 is 16.8 Å². The van der Waals surface area contributed by atoms with Crippen LogP contribution >= 0.6 is 0 Å². The van der Waals surface area contributed by atoms with Crippen LogP contribution in [0.5, 0.6) is 0 Å². The number of hydrogen-bond donors (Lipinski definition) is 1. The first kappa shape index (κ1) is 21.6. The van der Waals surface area contributed by atoms with Gasteiger partial charge in [0.15, 0.2) is 0 Å². The molecule has 2 aromatic rings. The predicted octanol–water partition coefficient (Wildman–Crippen LogP) is 2.93. The van der Waals surface area contributed by atoms with Crippen molar-refractivity contribution in [2.24, 2.45) is 0 Å². The third kappa shape index (κ3) is 4.95. The fourth-order valence-corrected chi connectivity index (χ4v) is 4.69. The molecular formula is C19H26N2O4S2. The molecule has 8 heteroatoms. The second kappa shape index (κ2) is 8.52. The molecule has 0 aromatic heterocycles. The van der Waals surface area contributed by atoms with Crippen LogP contribution in [0.4, 0.5) is 0 Å². The standard InChI is InChI=1S/C19H26N2O4S2/c1-5-15(2)16-10-12-18(13-11-16)26(22,23)20-14-17-8-6-7-9-19(17)27(24,25)21(3)4/h6-13,15,20H,5,14H2,1-4H3. The molecular weight excluding hydrogens is 384 g/mol. The zero-order valence-corrected chi connectivity index (χ0v) is 17.6. The molecule has 0 bridgehead atoms. The third-order valence-corrected chi connectivity index (χ3v) is 7.89. The van der Waals surface area contributed by atoms with Crippen molar-refractivity contribution in [2.75, 3.05) is 14.1 Å². The lowest BCUT2D eigenvalue weighted by molar-refractivity contribution is 0.519. The number of nitrogens with zero attached hydrogens (tertiary/aromatic N) is 1. The van der Waals surface area contributed by atoms with Gasteiger partial charge in [-0.1, -0.05) is 44.2 Å². The Morgan fingerprint density at radius 1 is 0.963 bits per heavy atom. The molecule has 148 valence electrons. The van der Waals surface area contributed by atoms with Crippen molar-refractivity contribution in [3.05, 3.63) is 59.7 Å². The molecule has 0 aliphatic heterocycles. The Labute approximate surface area is 162 Å². The highest BCUT2D eigenvalue weighted by Crippen LogP contribution is 2.22. The summed E-state index contributed by atoms with van der Waals surface area (Å²) in [5.74, 6) is 0.359. The van der Waals surface area contributed by atoms with Crippen LogP contribution in [0, 0.1) is 0 Å². The second-order valence-electron chi connectivity index (χ2n) is 6.60. The SMILES string of the molecule is CCC(C)c1ccc(S(=O)(=O)NCc2ccccc2S(=O)(=O)N(C)C)cc1. The Morgan fingerprint density at radius 2 is 1.56 bits per heavy atom. The van der Waals surface area contributed by atoms with E-state index in [0.717, 1.165) is 16.3 Å². The summed E-state index contributed by atoms with van der Waals surface area (Å²) in [7, 11) is -4.53. The molecule has 0 saturated heterocycles. The van der Waals surface area contributed by atoms with E-state index in [1.807, 2.05) is 12.1 Å². The smallest absolute Gasteiger partial charge is 0.207 e. The summed E-state index contributed by atoms with van der Waals surface area (Å²) in [6, 6.07) is 13.1. The quantitative estimate of drug-likeness (QED) is 0.725. The normalized spacial score (nSPS) is 13.7. The first-order valence-corrected chi connectivity index (χ1v) is 11.6. The summed E-state index contributed by atoms with van der Waals surface area (Å²) in [6.07, 6.45) is 0.974. The maximum Gasteiger partial charge on any atom is 0.242 e. The van der Waals surface area contributed by atoms with E-state index in [1.165, 1.54) is 20.2 Å². The Morgan fingerprint density at radius 3 is 2.11 bits per heavy atom. The minimum atomic E-state index is -3.75. The molecule has 6 nitrogen and oxygen atoms in total. The summed E-state index contributed by atoms with van der Waals surface area (Å²) in [5, 5.41) is 0. The zero-order valence-electron chi connectivity index (χ0n) is 16.0. The first-order valence-electron chi connectivity index (χ1n) is 8.69. The third-order valence-electron chi connectivity index (χ3n) is 4.56. The van der Waals surface area contributed by atoms with Crippen LogP contribution < -0.4 is 4.72 Å². The van der Waals surface area contributed by atoms with Gasteiger partial charge in [0.05, 0.1) is 9.79 Å². The van der Waals surface area contributed by atoms with E-state index >= 15 is 0 Å². The lowest BCUT2D eigenvalue weighted by Crippen LogP contribution is -2.27. The topological polar surface area (TPSA) is 83.5 Å². The number of nitrogens with one attached hydrogen (secondary N) is 1. The zero-order chi connectivity index (χ0) is 20.2. The monoisotopic (exact) mass is 410 g/mol. The molecule has 1 atom stereocenters. The van der Waals surface area contributed by atoms with Crippen molar-refractivity contribution in [2.45, 2.75) is 42.5 Å². The van der Waals surface area contributed by atoms with Crippen LogP contribution in [0.2, 0.25) is 0 Å². The number of hydrogen-bond acceptors (Lipinski definition) is 4. The average molecular weight is 411 g/mol. The Hall–Kier alpha value is -1.74. The molecule has 0 heterocycles. The van der Waals surface area contributed by atoms with Gasteiger partial charge in [0, 0.05) is 20.6 Å². The molecule has 1 N–H and O–H groups in total. The number of sulfonamides is 2. The molecule has 0 saturated carbocycles. The Bertz CT molecular complexity index is 983. The average Bonchev–Trinajstić information content (AvgIpc) is 2.66. The van der Waals surface area contributed by atoms with Crippen LogP contribution in [0.1, 0.15) is 37.3 Å². The van der Waals surface area contributed by atoms with Gasteiger partial charge < -0.3 is 0 Å². The van der Waals surface area contributed by atoms with Gasteiger partial charge in [-0.05, 0) is 41.7 Å². The fourth-order valence-electron chi connectivity index (χ4n) is 2.57. The second-order valence-corrected chi connectivity index (χ2v) is 10.5. The van der Waals surface area contributed by atoms with Gasteiger partial charge in [0.25, 0.3) is 0 Å². The summed E-state index contributed by atoms with van der Waals surface area (Å²) >= 11 is 0. The fraction of sp³-hybridized carbons (Fsp3) is 0.368. The molecule has 0 aliphatic carbocycles. The highest BCUT2D eigenvalue weighted by Gasteiger charge is 2.22. The molecule has 0 aliphatic rings. The highest BCUT2D eigenvalue weighted by atomic mass is 32.2. The van der Waals surface area contributed by atoms with Gasteiger partial charge in [-0.2, -0.15) is 0 Å². The Balaban J connectivity index is 2.24.